The van der Waals surface area contributed by atoms with E-state index in [4.69, 9.17) is 16.3 Å². The minimum absolute atomic E-state index is 0.0491. The van der Waals surface area contributed by atoms with Crippen molar-refractivity contribution in [1.29, 1.82) is 0 Å². The van der Waals surface area contributed by atoms with Crippen molar-refractivity contribution in [2.75, 3.05) is 11.5 Å². The van der Waals surface area contributed by atoms with Crippen LogP contribution in [0, 0.1) is 0 Å². The molecule has 4 aromatic carbocycles. The number of amides is 1. The summed E-state index contributed by atoms with van der Waals surface area (Å²) in [5.41, 5.74) is 2.73. The van der Waals surface area contributed by atoms with E-state index in [0.717, 1.165) is 40.5 Å². The first kappa shape index (κ1) is 22.4. The molecule has 2 aliphatic rings. The van der Waals surface area contributed by atoms with Crippen molar-refractivity contribution in [3.63, 3.8) is 0 Å². The quantitative estimate of drug-likeness (QED) is 0.202. The molecule has 1 amide bonds. The zero-order valence-corrected chi connectivity index (χ0v) is 20.0. The Morgan fingerprint density at radius 1 is 0.944 bits per heavy atom. The Labute approximate surface area is 213 Å². The fourth-order valence-corrected chi connectivity index (χ4v) is 5.36. The second-order valence-electron chi connectivity index (χ2n) is 8.99. The molecule has 1 atom stereocenters. The molecule has 6 heteroatoms. The molecule has 0 aromatic heterocycles. The number of ether oxygens (including phenoxy) is 1. The summed E-state index contributed by atoms with van der Waals surface area (Å²) in [6.45, 7) is 0.657. The second-order valence-corrected chi connectivity index (χ2v) is 9.43. The molecule has 36 heavy (non-hydrogen) atoms. The van der Waals surface area contributed by atoms with Gasteiger partial charge in [0.1, 0.15) is 11.5 Å². The van der Waals surface area contributed by atoms with E-state index in [-0.39, 0.29) is 11.3 Å². The SMILES string of the molecule is O=C1C(=O)N(c2cccc(Cl)c2)C(c2cccc3ccccc23)/C1=C(/O)c1ccc2c(c1)CCCO2. The first-order valence-corrected chi connectivity index (χ1v) is 12.2. The van der Waals surface area contributed by atoms with Gasteiger partial charge in [-0.05, 0) is 71.1 Å². The maximum absolute atomic E-state index is 13.5. The van der Waals surface area contributed by atoms with E-state index in [2.05, 4.69) is 0 Å². The number of hydrogen-bond donors (Lipinski definition) is 1. The maximum Gasteiger partial charge on any atom is 0.300 e. The van der Waals surface area contributed by atoms with Crippen LogP contribution in [0.25, 0.3) is 16.5 Å². The van der Waals surface area contributed by atoms with Gasteiger partial charge in [-0.25, -0.2) is 0 Å². The molecule has 0 aliphatic carbocycles. The molecule has 1 unspecified atom stereocenters. The molecule has 2 heterocycles. The molecule has 4 aromatic rings. The summed E-state index contributed by atoms with van der Waals surface area (Å²) < 4.78 is 5.71. The lowest BCUT2D eigenvalue weighted by Gasteiger charge is -2.26. The largest absolute Gasteiger partial charge is 0.507 e. The molecule has 178 valence electrons. The van der Waals surface area contributed by atoms with Crippen LogP contribution >= 0.6 is 11.6 Å². The van der Waals surface area contributed by atoms with Crippen LogP contribution in [0.15, 0.2) is 90.5 Å². The van der Waals surface area contributed by atoms with E-state index in [9.17, 15) is 14.7 Å². The fourth-order valence-electron chi connectivity index (χ4n) is 5.17. The van der Waals surface area contributed by atoms with Crippen molar-refractivity contribution in [2.45, 2.75) is 18.9 Å². The zero-order valence-electron chi connectivity index (χ0n) is 19.3. The number of carbonyl (C=O) groups is 2. The molecule has 6 rings (SSSR count). The lowest BCUT2D eigenvalue weighted by atomic mass is 9.91. The third kappa shape index (κ3) is 3.64. The molecule has 0 spiro atoms. The van der Waals surface area contributed by atoms with Crippen LogP contribution in [0.5, 0.6) is 5.75 Å². The number of nitrogens with zero attached hydrogens (tertiary/aromatic N) is 1. The minimum Gasteiger partial charge on any atom is -0.507 e. The van der Waals surface area contributed by atoms with E-state index in [0.29, 0.717) is 22.9 Å². The number of aliphatic hydroxyl groups is 1. The number of hydrogen-bond acceptors (Lipinski definition) is 4. The maximum atomic E-state index is 13.5. The third-order valence-corrected chi connectivity index (χ3v) is 7.07. The number of aryl methyl sites for hydroxylation is 1. The first-order chi connectivity index (χ1) is 17.5. The van der Waals surface area contributed by atoms with Crippen LogP contribution in [0.1, 0.15) is 29.2 Å². The van der Waals surface area contributed by atoms with E-state index in [1.807, 2.05) is 54.6 Å². The van der Waals surface area contributed by atoms with Gasteiger partial charge in [-0.1, -0.05) is 60.1 Å². The van der Waals surface area contributed by atoms with Gasteiger partial charge in [-0.15, -0.1) is 0 Å². The fraction of sp³-hybridized carbons (Fsp3) is 0.133. The van der Waals surface area contributed by atoms with E-state index in [1.54, 1.807) is 30.3 Å². The van der Waals surface area contributed by atoms with Gasteiger partial charge < -0.3 is 9.84 Å². The Bertz CT molecular complexity index is 1570. The summed E-state index contributed by atoms with van der Waals surface area (Å²) in [6.07, 6.45) is 1.70. The normalized spacial score (nSPS) is 18.8. The Morgan fingerprint density at radius 3 is 2.61 bits per heavy atom. The Kier molecular flexibility index (Phi) is 5.50. The number of ketones is 1. The Hall–Kier alpha value is -4.09. The lowest BCUT2D eigenvalue weighted by Crippen LogP contribution is -2.29. The summed E-state index contributed by atoms with van der Waals surface area (Å²) in [6, 6.07) is 25.0. The van der Waals surface area contributed by atoms with Crippen molar-refractivity contribution in [3.8, 4) is 5.75 Å². The van der Waals surface area contributed by atoms with Gasteiger partial charge in [0.05, 0.1) is 18.2 Å². The smallest absolute Gasteiger partial charge is 0.300 e. The van der Waals surface area contributed by atoms with Crippen LogP contribution in [0.4, 0.5) is 5.69 Å². The number of benzene rings is 4. The average molecular weight is 496 g/mol. The topological polar surface area (TPSA) is 66.8 Å². The number of anilines is 1. The van der Waals surface area contributed by atoms with Crippen LogP contribution in [0.2, 0.25) is 5.02 Å². The van der Waals surface area contributed by atoms with Gasteiger partial charge in [0.2, 0.25) is 0 Å². The number of rotatable bonds is 3. The van der Waals surface area contributed by atoms with Gasteiger partial charge >= 0.3 is 0 Å². The summed E-state index contributed by atoms with van der Waals surface area (Å²) in [5, 5.41) is 13.9. The number of Topliss-reactive ketones (excluding diaryl/α,β-unsaturated/α-hetero) is 1. The number of carbonyl (C=O) groups excluding carboxylic acids is 2. The Morgan fingerprint density at radius 2 is 1.75 bits per heavy atom. The monoisotopic (exact) mass is 495 g/mol. The number of halogens is 1. The van der Waals surface area contributed by atoms with Crippen LogP contribution in [0.3, 0.4) is 0 Å². The van der Waals surface area contributed by atoms with E-state index < -0.39 is 17.7 Å². The standard InChI is InChI=1S/C30H22ClNO4/c31-21-9-4-10-22(17-21)32-27(24-12-3-7-18-6-1-2-11-23(18)24)26(29(34)30(32)35)28(33)20-13-14-25-19(16-20)8-5-15-36-25/h1-4,6-7,9-14,16-17,27,33H,5,8,15H2/b28-26-. The van der Waals surface area contributed by atoms with Gasteiger partial charge in [0.15, 0.2) is 0 Å². The van der Waals surface area contributed by atoms with Crippen molar-refractivity contribution in [2.24, 2.45) is 0 Å². The minimum atomic E-state index is -0.832. The molecule has 2 aliphatic heterocycles. The summed E-state index contributed by atoms with van der Waals surface area (Å²) in [5.74, 6) is -0.871. The highest BCUT2D eigenvalue weighted by molar-refractivity contribution is 6.52. The van der Waals surface area contributed by atoms with Crippen LogP contribution in [-0.2, 0) is 16.0 Å². The van der Waals surface area contributed by atoms with E-state index >= 15 is 0 Å². The molecule has 0 saturated carbocycles. The molecule has 1 saturated heterocycles. The second kappa shape index (κ2) is 8.85. The van der Waals surface area contributed by atoms with Crippen LogP contribution in [-0.4, -0.2) is 23.4 Å². The van der Waals surface area contributed by atoms with Crippen molar-refractivity contribution in [3.05, 3.63) is 112 Å². The molecular weight excluding hydrogens is 474 g/mol. The van der Waals surface area contributed by atoms with Crippen LogP contribution < -0.4 is 9.64 Å². The highest BCUT2D eigenvalue weighted by Gasteiger charge is 2.47. The summed E-state index contributed by atoms with van der Waals surface area (Å²) in [4.78, 5) is 28.4. The lowest BCUT2D eigenvalue weighted by molar-refractivity contribution is -0.132. The third-order valence-electron chi connectivity index (χ3n) is 6.83. The first-order valence-electron chi connectivity index (χ1n) is 11.8. The molecule has 0 radical (unpaired) electrons. The van der Waals surface area contributed by atoms with Gasteiger partial charge in [-0.2, -0.15) is 0 Å². The molecule has 1 fully saturated rings. The zero-order chi connectivity index (χ0) is 24.8. The summed E-state index contributed by atoms with van der Waals surface area (Å²) in [7, 11) is 0. The highest BCUT2D eigenvalue weighted by atomic mass is 35.5. The Balaban J connectivity index is 1.60. The van der Waals surface area contributed by atoms with E-state index in [1.165, 1.54) is 4.90 Å². The molecule has 0 bridgehead atoms. The molecular formula is C30H22ClNO4. The number of aliphatic hydroxyl groups excluding tert-OH is 1. The highest BCUT2D eigenvalue weighted by Crippen LogP contribution is 2.45. The average Bonchev–Trinajstić information content (AvgIpc) is 3.17. The number of fused-ring (bicyclic) bond motifs is 2. The van der Waals surface area contributed by atoms with Crippen molar-refractivity contribution >= 4 is 45.5 Å². The van der Waals surface area contributed by atoms with Gasteiger partial charge in [0, 0.05) is 16.3 Å². The van der Waals surface area contributed by atoms with Gasteiger partial charge in [0.25, 0.3) is 11.7 Å². The molecule has 5 nitrogen and oxygen atoms in total. The summed E-state index contributed by atoms with van der Waals surface area (Å²) >= 11 is 6.26. The predicted molar refractivity (Wildman–Crippen MR) is 140 cm³/mol. The molecule has 1 N–H and O–H groups in total. The van der Waals surface area contributed by atoms with Crippen molar-refractivity contribution < 1.29 is 19.4 Å². The van der Waals surface area contributed by atoms with Crippen molar-refractivity contribution in [1.82, 2.24) is 0 Å². The van der Waals surface area contributed by atoms with Gasteiger partial charge in [-0.3, -0.25) is 14.5 Å². The predicted octanol–water partition coefficient (Wildman–Crippen LogP) is 6.44.